The Labute approximate surface area is 89.1 Å². The van der Waals surface area contributed by atoms with Crippen LogP contribution in [-0.2, 0) is 9.47 Å². The predicted molar refractivity (Wildman–Crippen MR) is 54.7 cm³/mol. The zero-order chi connectivity index (χ0) is 11.5. The van der Waals surface area contributed by atoms with Gasteiger partial charge in [0, 0.05) is 6.54 Å². The Hall–Kier alpha value is -1.07. The van der Waals surface area contributed by atoms with E-state index in [0.717, 1.165) is 0 Å². The number of nitrogens with one attached hydrogen (secondary N) is 1. The fourth-order valence-electron chi connectivity index (χ4n) is 1.63. The molecule has 0 radical (unpaired) electrons. The minimum atomic E-state index is -1.05. The van der Waals surface area contributed by atoms with Crippen molar-refractivity contribution in [2.24, 2.45) is 0 Å². The van der Waals surface area contributed by atoms with Crippen molar-refractivity contribution >= 4 is 6.09 Å². The monoisotopic (exact) mass is 215 g/mol. The molecule has 5 heteroatoms. The molecule has 0 spiro atoms. The average molecular weight is 215 g/mol. The van der Waals surface area contributed by atoms with E-state index in [-0.39, 0.29) is 18.8 Å². The molecule has 0 bridgehead atoms. The standard InChI is InChI=1S/C10H17NO4/c1-4-5-7-8(6-11-9(12)13)15-10(2,3)14-7/h4,7-8,11H,1,5-6H2,2-3H3,(H,12,13). The highest BCUT2D eigenvalue weighted by atomic mass is 16.8. The Morgan fingerprint density at radius 2 is 2.13 bits per heavy atom. The summed E-state index contributed by atoms with van der Waals surface area (Å²) in [6.07, 6.45) is 0.942. The van der Waals surface area contributed by atoms with Crippen LogP contribution in [0.15, 0.2) is 12.7 Å². The first-order valence-electron chi connectivity index (χ1n) is 4.88. The molecule has 1 amide bonds. The molecule has 1 aliphatic heterocycles. The normalized spacial score (nSPS) is 28.7. The summed E-state index contributed by atoms with van der Waals surface area (Å²) >= 11 is 0. The van der Waals surface area contributed by atoms with Crippen LogP contribution in [0.2, 0.25) is 0 Å². The maximum atomic E-state index is 10.4. The summed E-state index contributed by atoms with van der Waals surface area (Å²) in [7, 11) is 0. The fourth-order valence-corrected chi connectivity index (χ4v) is 1.63. The lowest BCUT2D eigenvalue weighted by molar-refractivity contribution is -0.145. The Morgan fingerprint density at radius 1 is 1.53 bits per heavy atom. The average Bonchev–Trinajstić information content (AvgIpc) is 2.38. The van der Waals surface area contributed by atoms with Crippen molar-refractivity contribution in [3.63, 3.8) is 0 Å². The maximum Gasteiger partial charge on any atom is 0.404 e. The summed E-state index contributed by atoms with van der Waals surface area (Å²) in [4.78, 5) is 10.4. The number of ether oxygens (including phenoxy) is 2. The third-order valence-electron chi connectivity index (χ3n) is 2.14. The fraction of sp³-hybridized carbons (Fsp3) is 0.700. The third-order valence-corrected chi connectivity index (χ3v) is 2.14. The van der Waals surface area contributed by atoms with E-state index >= 15 is 0 Å². The molecule has 1 saturated heterocycles. The minimum absolute atomic E-state index is 0.135. The van der Waals surface area contributed by atoms with E-state index in [2.05, 4.69) is 11.9 Å². The van der Waals surface area contributed by atoms with Gasteiger partial charge in [-0.2, -0.15) is 0 Å². The molecule has 2 N–H and O–H groups in total. The second-order valence-electron chi connectivity index (χ2n) is 3.92. The van der Waals surface area contributed by atoms with Crippen LogP contribution in [0.3, 0.4) is 0 Å². The molecule has 0 aromatic rings. The van der Waals surface area contributed by atoms with Crippen molar-refractivity contribution in [3.05, 3.63) is 12.7 Å². The smallest absolute Gasteiger partial charge is 0.404 e. The van der Waals surface area contributed by atoms with Crippen LogP contribution < -0.4 is 5.32 Å². The first kappa shape index (κ1) is 12.0. The summed E-state index contributed by atoms with van der Waals surface area (Å²) < 4.78 is 11.2. The lowest BCUT2D eigenvalue weighted by atomic mass is 10.1. The minimum Gasteiger partial charge on any atom is -0.465 e. The van der Waals surface area contributed by atoms with E-state index in [1.54, 1.807) is 6.08 Å². The largest absolute Gasteiger partial charge is 0.465 e. The van der Waals surface area contributed by atoms with Crippen LogP contribution in [0.1, 0.15) is 20.3 Å². The van der Waals surface area contributed by atoms with Gasteiger partial charge < -0.3 is 19.9 Å². The molecule has 0 aliphatic carbocycles. The molecule has 86 valence electrons. The van der Waals surface area contributed by atoms with Crippen molar-refractivity contribution < 1.29 is 19.4 Å². The Bertz CT molecular complexity index is 252. The molecule has 15 heavy (non-hydrogen) atoms. The van der Waals surface area contributed by atoms with Crippen LogP contribution >= 0.6 is 0 Å². The first-order chi connectivity index (χ1) is 6.94. The molecule has 0 aromatic carbocycles. The van der Waals surface area contributed by atoms with Crippen LogP contribution in [-0.4, -0.2) is 35.7 Å². The van der Waals surface area contributed by atoms with Crippen molar-refractivity contribution in [3.8, 4) is 0 Å². The second-order valence-corrected chi connectivity index (χ2v) is 3.92. The van der Waals surface area contributed by atoms with E-state index in [1.165, 1.54) is 0 Å². The van der Waals surface area contributed by atoms with Gasteiger partial charge in [-0.1, -0.05) is 6.08 Å². The van der Waals surface area contributed by atoms with E-state index in [4.69, 9.17) is 14.6 Å². The van der Waals surface area contributed by atoms with Gasteiger partial charge in [-0.15, -0.1) is 6.58 Å². The van der Waals surface area contributed by atoms with Crippen LogP contribution in [0.4, 0.5) is 4.79 Å². The van der Waals surface area contributed by atoms with E-state index in [9.17, 15) is 4.79 Å². The van der Waals surface area contributed by atoms with Gasteiger partial charge in [-0.3, -0.25) is 0 Å². The molecule has 1 aliphatic rings. The van der Waals surface area contributed by atoms with Gasteiger partial charge >= 0.3 is 6.09 Å². The highest BCUT2D eigenvalue weighted by Crippen LogP contribution is 2.29. The topological polar surface area (TPSA) is 67.8 Å². The number of carbonyl (C=O) groups is 1. The molecule has 0 saturated carbocycles. The van der Waals surface area contributed by atoms with Crippen LogP contribution in [0.25, 0.3) is 0 Å². The molecule has 2 unspecified atom stereocenters. The van der Waals surface area contributed by atoms with E-state index in [1.807, 2.05) is 13.8 Å². The van der Waals surface area contributed by atoms with Crippen molar-refractivity contribution in [1.29, 1.82) is 0 Å². The molecule has 1 heterocycles. The summed E-state index contributed by atoms with van der Waals surface area (Å²) in [6.45, 7) is 7.48. The third kappa shape index (κ3) is 3.53. The van der Waals surface area contributed by atoms with Crippen LogP contribution in [0, 0.1) is 0 Å². The van der Waals surface area contributed by atoms with Gasteiger partial charge in [0.2, 0.25) is 0 Å². The molecule has 2 atom stereocenters. The number of carboxylic acid groups (broad SMARTS) is 1. The summed E-state index contributed by atoms with van der Waals surface area (Å²) in [5, 5.41) is 10.8. The summed E-state index contributed by atoms with van der Waals surface area (Å²) in [5.74, 6) is -0.654. The van der Waals surface area contributed by atoms with Gasteiger partial charge in [0.25, 0.3) is 0 Å². The Morgan fingerprint density at radius 3 is 2.67 bits per heavy atom. The Balaban J connectivity index is 2.52. The highest BCUT2D eigenvalue weighted by molar-refractivity contribution is 5.64. The predicted octanol–water partition coefficient (Wildman–Crippen LogP) is 1.35. The second kappa shape index (κ2) is 4.63. The zero-order valence-electron chi connectivity index (χ0n) is 9.03. The van der Waals surface area contributed by atoms with E-state index < -0.39 is 11.9 Å². The van der Waals surface area contributed by atoms with E-state index in [0.29, 0.717) is 6.42 Å². The number of hydrogen-bond donors (Lipinski definition) is 2. The van der Waals surface area contributed by atoms with Gasteiger partial charge in [0.15, 0.2) is 5.79 Å². The maximum absolute atomic E-state index is 10.4. The van der Waals surface area contributed by atoms with Gasteiger partial charge in [-0.05, 0) is 20.3 Å². The lowest BCUT2D eigenvalue weighted by Crippen LogP contribution is -2.36. The number of rotatable bonds is 4. The zero-order valence-corrected chi connectivity index (χ0v) is 9.03. The Kier molecular flexibility index (Phi) is 3.71. The summed E-state index contributed by atoms with van der Waals surface area (Å²) in [6, 6.07) is 0. The molecule has 0 aromatic heterocycles. The molecule has 5 nitrogen and oxygen atoms in total. The first-order valence-corrected chi connectivity index (χ1v) is 4.88. The highest BCUT2D eigenvalue weighted by Gasteiger charge is 2.40. The van der Waals surface area contributed by atoms with Gasteiger partial charge in [0.1, 0.15) is 6.10 Å². The van der Waals surface area contributed by atoms with Gasteiger partial charge in [0.05, 0.1) is 6.10 Å². The quantitative estimate of drug-likeness (QED) is 0.695. The van der Waals surface area contributed by atoms with Crippen molar-refractivity contribution in [1.82, 2.24) is 5.32 Å². The van der Waals surface area contributed by atoms with Crippen LogP contribution in [0.5, 0.6) is 0 Å². The molecular formula is C10H17NO4. The SMILES string of the molecule is C=CCC1OC(C)(C)OC1CNC(=O)O. The molecule has 1 rings (SSSR count). The molecule has 1 fully saturated rings. The van der Waals surface area contributed by atoms with Gasteiger partial charge in [-0.25, -0.2) is 4.79 Å². The number of amides is 1. The van der Waals surface area contributed by atoms with Crippen molar-refractivity contribution in [2.45, 2.75) is 38.3 Å². The summed E-state index contributed by atoms with van der Waals surface area (Å²) in [5.41, 5.74) is 0. The van der Waals surface area contributed by atoms with Crippen molar-refractivity contribution in [2.75, 3.05) is 6.54 Å². The molecular weight excluding hydrogens is 198 g/mol. The number of hydrogen-bond acceptors (Lipinski definition) is 3. The lowest BCUT2D eigenvalue weighted by Gasteiger charge is -2.16.